The minimum atomic E-state index is -4.64. The van der Waals surface area contributed by atoms with Crippen LogP contribution < -0.4 is 27.4 Å². The largest absolute Gasteiger partial charge is 0.472 e. The van der Waals surface area contributed by atoms with Crippen LogP contribution in [0.3, 0.4) is 0 Å². The summed E-state index contributed by atoms with van der Waals surface area (Å²) < 4.78 is 33.7. The first-order chi connectivity index (χ1) is 31.3. The number of nitrogens with one attached hydrogen (secondary N) is 4. The number of aromatic amines is 1. The van der Waals surface area contributed by atoms with Crippen molar-refractivity contribution >= 4 is 61.6 Å². The van der Waals surface area contributed by atoms with Crippen LogP contribution in [-0.4, -0.2) is 155 Å². The fourth-order valence-electron chi connectivity index (χ4n) is 7.14. The summed E-state index contributed by atoms with van der Waals surface area (Å²) in [5.41, 5.74) is 11.6. The lowest BCUT2D eigenvalue weighted by Gasteiger charge is -2.28. The minimum absolute atomic E-state index is 0.00643. The number of aliphatic hydroxyl groups is 1. The summed E-state index contributed by atoms with van der Waals surface area (Å²) in [7, 11) is -4.64. The second-order valence-corrected chi connectivity index (χ2v) is 18.5. The van der Waals surface area contributed by atoms with Crippen molar-refractivity contribution in [1.29, 1.82) is 0 Å². The average molecular weight is 977 g/mol. The monoisotopic (exact) mass is 976 g/mol. The van der Waals surface area contributed by atoms with Gasteiger partial charge in [-0.25, -0.2) is 9.55 Å². The lowest BCUT2D eigenvalue weighted by molar-refractivity contribution is -0.140. The van der Waals surface area contributed by atoms with E-state index < -0.39 is 98.7 Å². The summed E-state index contributed by atoms with van der Waals surface area (Å²) in [6.45, 7) is 7.40. The predicted molar refractivity (Wildman–Crippen MR) is 244 cm³/mol. The maximum Gasteiger partial charge on any atom is 0.472 e. The highest BCUT2D eigenvalue weighted by Crippen LogP contribution is 2.46. The smallest absolute Gasteiger partial charge is 0.394 e. The normalized spacial score (nSPS) is 17.5. The van der Waals surface area contributed by atoms with Gasteiger partial charge in [-0.15, -0.1) is 0 Å². The van der Waals surface area contributed by atoms with Gasteiger partial charge >= 0.3 is 7.82 Å². The first kappa shape index (κ1) is 58.3. The van der Waals surface area contributed by atoms with Gasteiger partial charge in [-0.1, -0.05) is 40.0 Å². The van der Waals surface area contributed by atoms with Crippen molar-refractivity contribution < 1.29 is 66.6 Å². The number of ether oxygens (including phenoxy) is 2. The molecule has 1 unspecified atom stereocenters. The third-order valence-electron chi connectivity index (χ3n) is 10.8. The number of Topliss-reactive ketones (excluding diaryl/α,β-unsaturated/α-hetero) is 2. The van der Waals surface area contributed by atoms with Gasteiger partial charge in [0.15, 0.2) is 11.6 Å². The van der Waals surface area contributed by atoms with E-state index >= 15 is 0 Å². The molecule has 1 aliphatic heterocycles. The van der Waals surface area contributed by atoms with Crippen molar-refractivity contribution in [1.82, 2.24) is 30.8 Å². The molecule has 0 bridgehead atoms. The number of aliphatic hydroxyl groups excluding tert-OH is 1. The first-order valence-corrected chi connectivity index (χ1v) is 24.7. The number of hydrogen-bond acceptors (Lipinski definition) is 16. The summed E-state index contributed by atoms with van der Waals surface area (Å²) in [5, 5.41) is 18.2. The number of nitrogens with zero attached hydrogens (tertiary/aromatic N) is 2. The first-order valence-electron chi connectivity index (χ1n) is 22.6. The van der Waals surface area contributed by atoms with E-state index in [-0.39, 0.29) is 82.3 Å². The summed E-state index contributed by atoms with van der Waals surface area (Å²) >= 11 is 3.98. The number of imidazole rings is 1. The van der Waals surface area contributed by atoms with Gasteiger partial charge in [0.05, 0.1) is 82.4 Å². The third-order valence-corrected chi connectivity index (χ3v) is 12.3. The number of carbonyl (C=O) groups is 7. The number of hydrogen-bond donors (Lipinski definition) is 9. The fourth-order valence-corrected chi connectivity index (χ4v) is 8.29. The molecule has 0 saturated carbocycles. The van der Waals surface area contributed by atoms with E-state index in [9.17, 15) is 48.1 Å². The molecule has 1 aliphatic rings. The quantitative estimate of drug-likeness (QED) is 0.0251. The van der Waals surface area contributed by atoms with Crippen LogP contribution in [0.5, 0.6) is 0 Å². The van der Waals surface area contributed by atoms with E-state index in [1.165, 1.54) is 24.3 Å². The van der Waals surface area contributed by atoms with Gasteiger partial charge in [-0.05, 0) is 38.5 Å². The lowest BCUT2D eigenvalue weighted by atomic mass is 9.89. The summed E-state index contributed by atoms with van der Waals surface area (Å²) in [5.74, 6) is -6.72. The van der Waals surface area contributed by atoms with Crippen LogP contribution in [0.1, 0.15) is 97.6 Å². The van der Waals surface area contributed by atoms with Crippen LogP contribution in [-0.2, 0) is 63.1 Å². The SMILES string of the molecule is CCCCCCOP(=O)(O)O[C@H](C)[C@H](CC(=O)[C@H](CO)NC(=O)[C@@H](CC(=O)[C@H](CC(C)C)NC(=O)[C@@H]1CCCN1C(=O)CCOCCOCCNC(=O)[C@@H](N)CS)Cc1cnc[nH]1)C(N)=O. The number of carbonyl (C=O) groups excluding carboxylic acids is 7. The van der Waals surface area contributed by atoms with Crippen molar-refractivity contribution in [3.63, 3.8) is 0 Å². The Bertz CT molecular complexity index is 1730. The highest BCUT2D eigenvalue weighted by Gasteiger charge is 2.38. The number of aromatic nitrogens is 2. The van der Waals surface area contributed by atoms with Gasteiger partial charge in [-0.2, -0.15) is 12.6 Å². The number of phosphoric acid groups is 1. The Kier molecular flexibility index (Phi) is 27.6. The van der Waals surface area contributed by atoms with Crippen molar-refractivity contribution in [3.8, 4) is 0 Å². The molecule has 22 nitrogen and oxygen atoms in total. The van der Waals surface area contributed by atoms with Crippen LogP contribution in [0, 0.1) is 17.8 Å². The number of primary amides is 1. The van der Waals surface area contributed by atoms with Gasteiger partial charge in [-0.3, -0.25) is 42.6 Å². The van der Waals surface area contributed by atoms with Crippen molar-refractivity contribution in [3.05, 3.63) is 18.2 Å². The zero-order chi connectivity index (χ0) is 49.2. The van der Waals surface area contributed by atoms with E-state index in [1.54, 1.807) is 0 Å². The van der Waals surface area contributed by atoms with Crippen LogP contribution in [0.4, 0.5) is 0 Å². The average Bonchev–Trinajstić information content (AvgIpc) is 3.98. The number of nitrogens with two attached hydrogens (primary N) is 2. The molecular formula is C42H73N8O14PS. The molecule has 376 valence electrons. The molecule has 2 rings (SSSR count). The molecule has 1 fully saturated rings. The zero-order valence-electron chi connectivity index (χ0n) is 38.7. The van der Waals surface area contributed by atoms with Crippen LogP contribution in [0.2, 0.25) is 0 Å². The number of likely N-dealkylation sites (tertiary alicyclic amines) is 1. The van der Waals surface area contributed by atoms with Gasteiger partial charge in [0.25, 0.3) is 0 Å². The second kappa shape index (κ2) is 31.3. The fraction of sp³-hybridized carbons (Fsp3) is 0.762. The highest BCUT2D eigenvalue weighted by atomic mass is 32.1. The maximum absolute atomic E-state index is 14.1. The van der Waals surface area contributed by atoms with Crippen molar-refractivity contribution in [2.45, 2.75) is 129 Å². The second-order valence-electron chi connectivity index (χ2n) is 16.7. The molecule has 0 radical (unpaired) electrons. The third kappa shape index (κ3) is 21.9. The van der Waals surface area contributed by atoms with E-state index in [0.29, 0.717) is 31.5 Å². The molecule has 0 aliphatic carbocycles. The number of H-pyrrole nitrogens is 1. The van der Waals surface area contributed by atoms with E-state index in [1.807, 2.05) is 20.8 Å². The molecule has 5 amide bonds. The summed E-state index contributed by atoms with van der Waals surface area (Å²) in [4.78, 5) is 111. The van der Waals surface area contributed by atoms with E-state index in [0.717, 1.165) is 19.3 Å². The molecule has 2 heterocycles. The molecule has 1 aromatic heterocycles. The Labute approximate surface area is 392 Å². The van der Waals surface area contributed by atoms with E-state index in [4.69, 9.17) is 30.0 Å². The maximum atomic E-state index is 14.1. The zero-order valence-corrected chi connectivity index (χ0v) is 40.4. The molecule has 10 N–H and O–H groups in total. The Morgan fingerprint density at radius 1 is 0.970 bits per heavy atom. The Morgan fingerprint density at radius 2 is 1.67 bits per heavy atom. The number of amides is 5. The van der Waals surface area contributed by atoms with Gasteiger partial charge in [0.1, 0.15) is 12.1 Å². The predicted octanol–water partition coefficient (Wildman–Crippen LogP) is 0.486. The lowest BCUT2D eigenvalue weighted by Crippen LogP contribution is -2.52. The Hall–Kier alpha value is -3.80. The van der Waals surface area contributed by atoms with Crippen LogP contribution in [0.25, 0.3) is 0 Å². The highest BCUT2D eigenvalue weighted by molar-refractivity contribution is 7.80. The molecule has 1 aromatic rings. The molecule has 1 saturated heterocycles. The van der Waals surface area contributed by atoms with E-state index in [2.05, 4.69) is 38.5 Å². The molecule has 0 spiro atoms. The topological polar surface area (TPSA) is 334 Å². The molecule has 24 heteroatoms. The van der Waals surface area contributed by atoms with Crippen LogP contribution in [0.15, 0.2) is 12.5 Å². The number of unbranched alkanes of at least 4 members (excludes halogenated alkanes) is 3. The number of ketones is 2. The molecular weight excluding hydrogens is 904 g/mol. The van der Waals surface area contributed by atoms with Crippen molar-refractivity contribution in [2.24, 2.45) is 29.2 Å². The van der Waals surface area contributed by atoms with Crippen LogP contribution >= 0.6 is 20.5 Å². The minimum Gasteiger partial charge on any atom is -0.394 e. The van der Waals surface area contributed by atoms with Gasteiger partial charge in [0, 0.05) is 50.0 Å². The Balaban J connectivity index is 2.06. The molecule has 8 atom stereocenters. The van der Waals surface area contributed by atoms with Gasteiger partial charge < -0.3 is 56.8 Å². The van der Waals surface area contributed by atoms with Crippen molar-refractivity contribution in [2.75, 3.05) is 58.5 Å². The Morgan fingerprint density at radius 3 is 2.29 bits per heavy atom. The number of phosphoric ester groups is 1. The summed E-state index contributed by atoms with van der Waals surface area (Å²) in [6.07, 6.45) is 4.64. The standard InChI is InChI=1S/C42H73N8O14PS/c1-5-6-7-8-14-63-65(59,60)64-28(4)31(39(44)55)22-37(53)34(24-51)49-40(56)29(20-30-23-45-26-47-30)21-36(52)33(19-27(2)3)48-42(58)35-10-9-13-50(35)38(54)11-15-61-17-18-62-16-12-46-41(57)32(43)25-66/h23,26-29,31-35,51,66H,5-22,24-25,43H2,1-4H3,(H2,44,55)(H,45,47)(H,46,57)(H,48,58)(H,49,56)(H,59,60)/t28-,29-,31+,32+,33+,34+,35+/m1/s1. The van der Waals surface area contributed by atoms with Gasteiger partial charge in [0.2, 0.25) is 29.5 Å². The number of thiol groups is 1. The molecule has 66 heavy (non-hydrogen) atoms. The molecule has 0 aromatic carbocycles. The summed E-state index contributed by atoms with van der Waals surface area (Å²) in [6, 6.07) is -4.14. The number of rotatable bonds is 36.